The predicted octanol–water partition coefficient (Wildman–Crippen LogP) is 4.38. The van der Waals surface area contributed by atoms with Crippen molar-refractivity contribution in [3.8, 4) is 11.3 Å². The molecule has 2 aromatic carbocycles. The molecule has 4 rings (SSSR count). The maximum atomic E-state index is 13.6. The van der Waals surface area contributed by atoms with Gasteiger partial charge in [-0.2, -0.15) is 0 Å². The van der Waals surface area contributed by atoms with Crippen LogP contribution in [0, 0.1) is 20.8 Å². The molecule has 0 spiro atoms. The van der Waals surface area contributed by atoms with E-state index in [2.05, 4.69) is 9.88 Å². The lowest BCUT2D eigenvalue weighted by molar-refractivity contribution is 0.588. The van der Waals surface area contributed by atoms with E-state index >= 15 is 0 Å². The van der Waals surface area contributed by atoms with Gasteiger partial charge in [0.25, 0.3) is 10.0 Å². The van der Waals surface area contributed by atoms with Crippen molar-refractivity contribution in [1.82, 2.24) is 4.98 Å². The highest BCUT2D eigenvalue weighted by molar-refractivity contribution is 7.93. The molecule has 0 N–H and O–H groups in total. The molecule has 2 heterocycles. The first-order valence-corrected chi connectivity index (χ1v) is 11.5. The Kier molecular flexibility index (Phi) is 4.67. The molecule has 7 heteroatoms. The molecule has 0 unspecified atom stereocenters. The van der Waals surface area contributed by atoms with Crippen LogP contribution in [0.25, 0.3) is 11.3 Å². The average molecular weight is 414 g/mol. The molecule has 0 saturated carbocycles. The van der Waals surface area contributed by atoms with Gasteiger partial charge in [0.1, 0.15) is 0 Å². The zero-order chi connectivity index (χ0) is 20.1. The highest BCUT2D eigenvalue weighted by Crippen LogP contribution is 2.39. The summed E-state index contributed by atoms with van der Waals surface area (Å²) in [6.07, 6.45) is 0. The second-order valence-corrected chi connectivity index (χ2v) is 10.1. The molecule has 1 aliphatic rings. The largest absolute Gasteiger partial charge is 0.371 e. The molecule has 0 saturated heterocycles. The first-order chi connectivity index (χ1) is 13.3. The quantitative estimate of drug-likeness (QED) is 0.639. The van der Waals surface area contributed by atoms with Crippen LogP contribution in [0.1, 0.15) is 16.1 Å². The van der Waals surface area contributed by atoms with Crippen LogP contribution >= 0.6 is 11.3 Å². The van der Waals surface area contributed by atoms with Gasteiger partial charge in [-0.25, -0.2) is 13.4 Å². The standard InChI is InChI=1S/C21H23N3O2S2/c1-14-6-5-7-19-21(14)24(11-10-23(19)4)28(25,26)20-9-8-17(12-15(20)2)18-13-27-16(3)22-18/h5-9,12-13H,10-11H2,1-4H3. The summed E-state index contributed by atoms with van der Waals surface area (Å²) in [7, 11) is -1.66. The fourth-order valence-electron chi connectivity index (χ4n) is 3.70. The van der Waals surface area contributed by atoms with Crippen LogP contribution in [0.5, 0.6) is 0 Å². The van der Waals surface area contributed by atoms with Crippen LogP contribution in [-0.2, 0) is 10.0 Å². The van der Waals surface area contributed by atoms with Gasteiger partial charge in [0.2, 0.25) is 0 Å². The van der Waals surface area contributed by atoms with Crippen molar-refractivity contribution in [2.75, 3.05) is 29.3 Å². The Bertz CT molecular complexity index is 1150. The van der Waals surface area contributed by atoms with Crippen LogP contribution in [0.15, 0.2) is 46.7 Å². The summed E-state index contributed by atoms with van der Waals surface area (Å²) in [5, 5.41) is 2.99. The highest BCUT2D eigenvalue weighted by Gasteiger charge is 2.33. The number of aromatic nitrogens is 1. The lowest BCUT2D eigenvalue weighted by Gasteiger charge is -2.37. The van der Waals surface area contributed by atoms with Gasteiger partial charge in [0.05, 0.1) is 33.5 Å². The van der Waals surface area contributed by atoms with Gasteiger partial charge in [0.15, 0.2) is 0 Å². The molecule has 0 aliphatic carbocycles. The number of sulfonamides is 1. The van der Waals surface area contributed by atoms with Crippen LogP contribution in [0.4, 0.5) is 11.4 Å². The number of aryl methyl sites for hydroxylation is 3. The summed E-state index contributed by atoms with van der Waals surface area (Å²) >= 11 is 1.59. The fourth-order valence-corrected chi connectivity index (χ4v) is 6.07. The molecule has 3 aromatic rings. The lowest BCUT2D eigenvalue weighted by Crippen LogP contribution is -2.43. The zero-order valence-electron chi connectivity index (χ0n) is 16.4. The van der Waals surface area contributed by atoms with E-state index in [-0.39, 0.29) is 0 Å². The summed E-state index contributed by atoms with van der Waals surface area (Å²) < 4.78 is 28.7. The Morgan fingerprint density at radius 3 is 2.50 bits per heavy atom. The molecule has 1 aromatic heterocycles. The lowest BCUT2D eigenvalue weighted by atomic mass is 10.1. The first kappa shape index (κ1) is 19.0. The van der Waals surface area contributed by atoms with Crippen molar-refractivity contribution >= 4 is 32.7 Å². The number of nitrogens with zero attached hydrogens (tertiary/aromatic N) is 3. The summed E-state index contributed by atoms with van der Waals surface area (Å²) in [5.41, 5.74) is 5.24. The minimum absolute atomic E-state index is 0.349. The number of fused-ring (bicyclic) bond motifs is 1. The zero-order valence-corrected chi connectivity index (χ0v) is 18.1. The van der Waals surface area contributed by atoms with Gasteiger partial charge in [-0.3, -0.25) is 4.31 Å². The third kappa shape index (κ3) is 3.08. The highest BCUT2D eigenvalue weighted by atomic mass is 32.2. The minimum Gasteiger partial charge on any atom is -0.371 e. The molecule has 28 heavy (non-hydrogen) atoms. The van der Waals surface area contributed by atoms with E-state index in [1.165, 1.54) is 0 Å². The Balaban J connectivity index is 1.79. The van der Waals surface area contributed by atoms with Gasteiger partial charge in [0, 0.05) is 24.5 Å². The molecular weight excluding hydrogens is 390 g/mol. The van der Waals surface area contributed by atoms with E-state index in [0.717, 1.165) is 38.8 Å². The Hall–Kier alpha value is -2.38. The number of anilines is 2. The van der Waals surface area contributed by atoms with Gasteiger partial charge in [-0.1, -0.05) is 18.2 Å². The molecule has 0 amide bonds. The van der Waals surface area contributed by atoms with E-state index in [1.54, 1.807) is 21.7 Å². The van der Waals surface area contributed by atoms with Crippen LogP contribution in [0.2, 0.25) is 0 Å². The van der Waals surface area contributed by atoms with Crippen molar-refractivity contribution in [1.29, 1.82) is 0 Å². The second-order valence-electron chi connectivity index (χ2n) is 7.17. The summed E-state index contributed by atoms with van der Waals surface area (Å²) in [4.78, 5) is 6.96. The smallest absolute Gasteiger partial charge is 0.264 e. The van der Waals surface area contributed by atoms with Gasteiger partial charge >= 0.3 is 0 Å². The van der Waals surface area contributed by atoms with Crippen LogP contribution < -0.4 is 9.21 Å². The van der Waals surface area contributed by atoms with E-state index in [4.69, 9.17) is 0 Å². The minimum atomic E-state index is -3.66. The van der Waals surface area contributed by atoms with E-state index < -0.39 is 10.0 Å². The third-order valence-corrected chi connectivity index (χ3v) is 7.91. The number of hydrogen-bond donors (Lipinski definition) is 0. The van der Waals surface area contributed by atoms with E-state index in [0.29, 0.717) is 18.0 Å². The summed E-state index contributed by atoms with van der Waals surface area (Å²) in [6, 6.07) is 11.4. The number of thiazole rings is 1. The van der Waals surface area contributed by atoms with Crippen molar-refractivity contribution in [3.63, 3.8) is 0 Å². The Morgan fingerprint density at radius 2 is 1.82 bits per heavy atom. The first-order valence-electron chi connectivity index (χ1n) is 9.15. The maximum absolute atomic E-state index is 13.6. The molecule has 0 atom stereocenters. The van der Waals surface area contributed by atoms with Crippen molar-refractivity contribution in [3.05, 3.63) is 57.9 Å². The summed E-state index contributed by atoms with van der Waals surface area (Å²) in [5.74, 6) is 0. The molecular formula is C21H23N3O2S2. The number of likely N-dealkylation sites (N-methyl/N-ethyl adjacent to an activating group) is 1. The van der Waals surface area contributed by atoms with Gasteiger partial charge in [-0.15, -0.1) is 11.3 Å². The average Bonchev–Trinajstić information content (AvgIpc) is 3.08. The number of benzene rings is 2. The van der Waals surface area contributed by atoms with Crippen molar-refractivity contribution in [2.24, 2.45) is 0 Å². The molecule has 5 nitrogen and oxygen atoms in total. The molecule has 0 fully saturated rings. The van der Waals surface area contributed by atoms with Crippen LogP contribution in [0.3, 0.4) is 0 Å². The molecule has 146 valence electrons. The monoisotopic (exact) mass is 413 g/mol. The number of para-hydroxylation sites is 1. The molecule has 0 radical (unpaired) electrons. The predicted molar refractivity (Wildman–Crippen MR) is 116 cm³/mol. The number of hydrogen-bond acceptors (Lipinski definition) is 5. The van der Waals surface area contributed by atoms with E-state index in [1.807, 2.05) is 63.5 Å². The Labute approximate surface area is 170 Å². The normalized spacial score (nSPS) is 14.3. The van der Waals surface area contributed by atoms with Crippen molar-refractivity contribution < 1.29 is 8.42 Å². The van der Waals surface area contributed by atoms with Gasteiger partial charge < -0.3 is 4.90 Å². The van der Waals surface area contributed by atoms with Gasteiger partial charge in [-0.05, 0) is 50.1 Å². The third-order valence-electron chi connectivity index (χ3n) is 5.17. The van der Waals surface area contributed by atoms with E-state index in [9.17, 15) is 8.42 Å². The van der Waals surface area contributed by atoms with Crippen molar-refractivity contribution in [2.45, 2.75) is 25.7 Å². The van der Waals surface area contributed by atoms with Crippen LogP contribution in [-0.4, -0.2) is 33.5 Å². The molecule has 1 aliphatic heterocycles. The topological polar surface area (TPSA) is 53.5 Å². The summed E-state index contributed by atoms with van der Waals surface area (Å²) in [6.45, 7) is 6.87. The fraction of sp³-hybridized carbons (Fsp3) is 0.286. The Morgan fingerprint density at radius 1 is 1.04 bits per heavy atom. The second kappa shape index (κ2) is 6.90. The maximum Gasteiger partial charge on any atom is 0.264 e. The number of rotatable bonds is 3. The SMILES string of the molecule is Cc1nc(-c2ccc(S(=O)(=O)N3CCN(C)c4cccc(C)c43)c(C)c2)cs1. The molecule has 0 bridgehead atoms.